The monoisotopic (exact) mass is 411 g/mol. The van der Waals surface area contributed by atoms with Crippen LogP contribution in [0.15, 0.2) is 52.1 Å². The Bertz CT molecular complexity index is 1170. The van der Waals surface area contributed by atoms with Crippen molar-refractivity contribution in [3.63, 3.8) is 0 Å². The molecule has 8 heteroatoms. The third kappa shape index (κ3) is 4.53. The van der Waals surface area contributed by atoms with Crippen LogP contribution in [0, 0.1) is 0 Å². The zero-order valence-corrected chi connectivity index (χ0v) is 17.3. The first kappa shape index (κ1) is 21.2. The van der Waals surface area contributed by atoms with E-state index in [1.165, 1.54) is 4.68 Å². The SMILES string of the molecule is COc1ccc(CCN(C)C(=O)CCn2[nH]c(=O)c3ccccc3c2=O)cc1OC. The van der Waals surface area contributed by atoms with Crippen molar-refractivity contribution in [3.8, 4) is 11.5 Å². The number of methoxy groups -OCH3 is 2. The first-order valence-corrected chi connectivity index (χ1v) is 9.61. The maximum atomic E-state index is 12.5. The lowest BCUT2D eigenvalue weighted by Crippen LogP contribution is -2.34. The van der Waals surface area contributed by atoms with E-state index in [9.17, 15) is 14.4 Å². The molecule has 1 aromatic heterocycles. The molecule has 8 nitrogen and oxygen atoms in total. The van der Waals surface area contributed by atoms with Crippen LogP contribution < -0.4 is 20.6 Å². The number of H-pyrrole nitrogens is 1. The number of hydrogen-bond donors (Lipinski definition) is 1. The van der Waals surface area contributed by atoms with Crippen molar-refractivity contribution in [2.75, 3.05) is 27.8 Å². The number of likely N-dealkylation sites (N-methyl/N-ethyl adjacent to an activating group) is 1. The lowest BCUT2D eigenvalue weighted by molar-refractivity contribution is -0.130. The van der Waals surface area contributed by atoms with Gasteiger partial charge >= 0.3 is 0 Å². The fourth-order valence-electron chi connectivity index (χ4n) is 3.26. The summed E-state index contributed by atoms with van der Waals surface area (Å²) in [6, 6.07) is 12.3. The average Bonchev–Trinajstić information content (AvgIpc) is 2.78. The van der Waals surface area contributed by atoms with Crippen LogP contribution in [0.25, 0.3) is 10.8 Å². The maximum Gasteiger partial charge on any atom is 0.273 e. The van der Waals surface area contributed by atoms with Gasteiger partial charge < -0.3 is 14.4 Å². The number of benzene rings is 2. The fraction of sp³-hybridized carbons (Fsp3) is 0.318. The number of nitrogens with zero attached hydrogens (tertiary/aromatic N) is 2. The summed E-state index contributed by atoms with van der Waals surface area (Å²) in [4.78, 5) is 38.8. The average molecular weight is 411 g/mol. The molecular weight excluding hydrogens is 386 g/mol. The van der Waals surface area contributed by atoms with Gasteiger partial charge in [-0.25, -0.2) is 4.68 Å². The molecule has 0 aliphatic carbocycles. The van der Waals surface area contributed by atoms with Gasteiger partial charge in [0.2, 0.25) is 5.91 Å². The number of carbonyl (C=O) groups is 1. The Kier molecular flexibility index (Phi) is 6.56. The number of aryl methyl sites for hydroxylation is 1. The number of carbonyl (C=O) groups excluding carboxylic acids is 1. The van der Waals surface area contributed by atoms with Crippen LogP contribution in [-0.2, 0) is 17.8 Å². The fourth-order valence-corrected chi connectivity index (χ4v) is 3.26. The van der Waals surface area contributed by atoms with Crippen LogP contribution in [0.1, 0.15) is 12.0 Å². The number of fused-ring (bicyclic) bond motifs is 1. The van der Waals surface area contributed by atoms with Gasteiger partial charge in [-0.1, -0.05) is 18.2 Å². The molecule has 0 unspecified atom stereocenters. The summed E-state index contributed by atoms with van der Waals surface area (Å²) in [5.74, 6) is 1.18. The van der Waals surface area contributed by atoms with Gasteiger partial charge in [0.25, 0.3) is 11.1 Å². The Morgan fingerprint density at radius 3 is 2.43 bits per heavy atom. The summed E-state index contributed by atoms with van der Waals surface area (Å²) in [5, 5.41) is 3.23. The van der Waals surface area contributed by atoms with Crippen molar-refractivity contribution in [2.24, 2.45) is 0 Å². The molecule has 3 aromatic rings. The Morgan fingerprint density at radius 1 is 1.03 bits per heavy atom. The topological polar surface area (TPSA) is 93.6 Å². The van der Waals surface area contributed by atoms with Crippen molar-refractivity contribution in [1.82, 2.24) is 14.7 Å². The molecule has 0 spiro atoms. The Balaban J connectivity index is 1.61. The van der Waals surface area contributed by atoms with Crippen LogP contribution in [0.4, 0.5) is 0 Å². The van der Waals surface area contributed by atoms with E-state index >= 15 is 0 Å². The highest BCUT2D eigenvalue weighted by atomic mass is 16.5. The molecule has 0 saturated heterocycles. The third-order valence-corrected chi connectivity index (χ3v) is 5.04. The Morgan fingerprint density at radius 2 is 1.73 bits per heavy atom. The van der Waals surface area contributed by atoms with Crippen molar-refractivity contribution < 1.29 is 14.3 Å². The van der Waals surface area contributed by atoms with Crippen LogP contribution in [0.5, 0.6) is 11.5 Å². The van der Waals surface area contributed by atoms with E-state index in [2.05, 4.69) is 5.10 Å². The summed E-state index contributed by atoms with van der Waals surface area (Å²) in [7, 11) is 4.88. The minimum atomic E-state index is -0.348. The molecule has 0 bridgehead atoms. The lowest BCUT2D eigenvalue weighted by atomic mass is 10.1. The number of hydrogen-bond acceptors (Lipinski definition) is 5. The molecule has 1 amide bonds. The Labute approximate surface area is 173 Å². The summed E-state index contributed by atoms with van der Waals surface area (Å²) < 4.78 is 11.7. The highest BCUT2D eigenvalue weighted by Gasteiger charge is 2.12. The van der Waals surface area contributed by atoms with E-state index in [4.69, 9.17) is 9.47 Å². The van der Waals surface area contributed by atoms with Crippen LogP contribution in [0.3, 0.4) is 0 Å². The predicted molar refractivity (Wildman–Crippen MR) is 114 cm³/mol. The lowest BCUT2D eigenvalue weighted by Gasteiger charge is -2.18. The van der Waals surface area contributed by atoms with Crippen molar-refractivity contribution in [2.45, 2.75) is 19.4 Å². The van der Waals surface area contributed by atoms with Crippen molar-refractivity contribution in [1.29, 1.82) is 0 Å². The maximum absolute atomic E-state index is 12.5. The van der Waals surface area contributed by atoms with E-state index < -0.39 is 0 Å². The molecule has 3 rings (SSSR count). The molecule has 0 radical (unpaired) electrons. The zero-order valence-electron chi connectivity index (χ0n) is 17.3. The van der Waals surface area contributed by atoms with Crippen LogP contribution in [-0.4, -0.2) is 48.4 Å². The number of ether oxygens (including phenoxy) is 2. The molecule has 0 saturated carbocycles. The highest BCUT2D eigenvalue weighted by molar-refractivity contribution is 5.80. The van der Waals surface area contributed by atoms with Gasteiger partial charge in [-0.3, -0.25) is 19.5 Å². The van der Waals surface area contributed by atoms with E-state index in [0.29, 0.717) is 35.2 Å². The quantitative estimate of drug-likeness (QED) is 0.610. The van der Waals surface area contributed by atoms with Crippen LogP contribution >= 0.6 is 0 Å². The van der Waals surface area contributed by atoms with E-state index in [1.54, 1.807) is 50.4 Å². The summed E-state index contributed by atoms with van der Waals surface area (Å²) in [5.41, 5.74) is 0.354. The summed E-state index contributed by atoms with van der Waals surface area (Å²) >= 11 is 0. The predicted octanol–water partition coefficient (Wildman–Crippen LogP) is 1.80. The number of aromatic amines is 1. The molecular formula is C22H25N3O5. The van der Waals surface area contributed by atoms with Gasteiger partial charge in [-0.05, 0) is 36.2 Å². The molecule has 0 atom stereocenters. The minimum absolute atomic E-state index is 0.108. The van der Waals surface area contributed by atoms with E-state index in [-0.39, 0.29) is 30.0 Å². The van der Waals surface area contributed by atoms with Crippen molar-refractivity contribution in [3.05, 3.63) is 68.7 Å². The summed E-state index contributed by atoms with van der Waals surface area (Å²) in [6.45, 7) is 0.621. The molecule has 0 aliphatic rings. The second-order valence-corrected chi connectivity index (χ2v) is 6.95. The van der Waals surface area contributed by atoms with E-state index in [1.807, 2.05) is 18.2 Å². The standard InChI is InChI=1S/C22H25N3O5/c1-24(12-10-15-8-9-18(29-2)19(14-15)30-3)20(26)11-13-25-22(28)17-7-5-4-6-16(17)21(27)23-25/h4-9,14H,10-13H2,1-3H3,(H,23,27). The van der Waals surface area contributed by atoms with Gasteiger partial charge in [0.15, 0.2) is 11.5 Å². The smallest absolute Gasteiger partial charge is 0.273 e. The zero-order chi connectivity index (χ0) is 21.7. The normalized spacial score (nSPS) is 10.8. The minimum Gasteiger partial charge on any atom is -0.493 e. The second kappa shape index (κ2) is 9.30. The van der Waals surface area contributed by atoms with Crippen LogP contribution in [0.2, 0.25) is 0 Å². The number of nitrogens with one attached hydrogen (secondary N) is 1. The second-order valence-electron chi connectivity index (χ2n) is 6.95. The molecule has 2 aromatic carbocycles. The molecule has 1 heterocycles. The first-order valence-electron chi connectivity index (χ1n) is 9.61. The molecule has 30 heavy (non-hydrogen) atoms. The molecule has 0 fully saturated rings. The van der Waals surface area contributed by atoms with Gasteiger partial charge in [0.05, 0.1) is 31.5 Å². The van der Waals surface area contributed by atoms with Gasteiger partial charge in [0, 0.05) is 20.0 Å². The van der Waals surface area contributed by atoms with Gasteiger partial charge in [0.1, 0.15) is 0 Å². The Hall–Kier alpha value is -3.55. The largest absolute Gasteiger partial charge is 0.493 e. The highest BCUT2D eigenvalue weighted by Crippen LogP contribution is 2.27. The number of aromatic nitrogens is 2. The molecule has 0 aliphatic heterocycles. The number of amides is 1. The third-order valence-electron chi connectivity index (χ3n) is 5.04. The summed E-state index contributed by atoms with van der Waals surface area (Å²) in [6.07, 6.45) is 0.756. The van der Waals surface area contributed by atoms with E-state index in [0.717, 1.165) is 5.56 Å². The number of rotatable bonds is 8. The van der Waals surface area contributed by atoms with Crippen molar-refractivity contribution >= 4 is 16.7 Å². The molecule has 158 valence electrons. The van der Waals surface area contributed by atoms with Gasteiger partial charge in [-0.15, -0.1) is 0 Å². The van der Waals surface area contributed by atoms with Gasteiger partial charge in [-0.2, -0.15) is 0 Å². The first-order chi connectivity index (χ1) is 14.4. The molecule has 1 N–H and O–H groups in total.